The molecule has 0 aromatic heterocycles. The van der Waals surface area contributed by atoms with Crippen LogP contribution in [0.25, 0.3) is 0 Å². The van der Waals surface area contributed by atoms with Gasteiger partial charge in [-0.05, 0) is 22.6 Å². The van der Waals surface area contributed by atoms with Crippen LogP contribution in [0.15, 0.2) is 91.0 Å². The van der Waals surface area contributed by atoms with Crippen molar-refractivity contribution in [3.63, 3.8) is 0 Å². The van der Waals surface area contributed by atoms with Gasteiger partial charge in [0, 0.05) is 11.5 Å². The molecular formula is C30H34N2O5S. The highest BCUT2D eigenvalue weighted by molar-refractivity contribution is 7.98. The molecule has 2 atom stereocenters. The average molecular weight is 535 g/mol. The van der Waals surface area contributed by atoms with Crippen LogP contribution in [0.2, 0.25) is 0 Å². The van der Waals surface area contributed by atoms with Gasteiger partial charge in [-0.2, -0.15) is 11.8 Å². The Morgan fingerprint density at radius 2 is 1.21 bits per heavy atom. The van der Waals surface area contributed by atoms with Crippen molar-refractivity contribution in [2.75, 3.05) is 5.75 Å². The van der Waals surface area contributed by atoms with Crippen molar-refractivity contribution < 1.29 is 23.9 Å². The largest absolute Gasteiger partial charge is 0.459 e. The Balaban J connectivity index is 1.61. The molecule has 0 saturated carbocycles. The second-order valence-electron chi connectivity index (χ2n) is 9.08. The van der Waals surface area contributed by atoms with Crippen LogP contribution in [0, 0.1) is 5.92 Å². The lowest BCUT2D eigenvalue weighted by Gasteiger charge is -2.24. The molecular weight excluding hydrogens is 500 g/mol. The molecule has 0 unspecified atom stereocenters. The van der Waals surface area contributed by atoms with Crippen molar-refractivity contribution in [3.8, 4) is 0 Å². The fraction of sp³-hybridized carbons (Fsp3) is 0.300. The van der Waals surface area contributed by atoms with E-state index in [4.69, 9.17) is 9.47 Å². The van der Waals surface area contributed by atoms with E-state index in [1.54, 1.807) is 0 Å². The molecule has 200 valence electrons. The molecule has 8 heteroatoms. The quantitative estimate of drug-likeness (QED) is 0.297. The first-order valence-electron chi connectivity index (χ1n) is 12.5. The van der Waals surface area contributed by atoms with Crippen molar-refractivity contribution in [2.24, 2.45) is 5.92 Å². The average Bonchev–Trinajstić information content (AvgIpc) is 2.94. The van der Waals surface area contributed by atoms with E-state index in [-0.39, 0.29) is 19.1 Å². The minimum absolute atomic E-state index is 0.0819. The molecule has 0 heterocycles. The third kappa shape index (κ3) is 9.94. The van der Waals surface area contributed by atoms with Crippen LogP contribution in [0.5, 0.6) is 0 Å². The summed E-state index contributed by atoms with van der Waals surface area (Å²) in [6.45, 7) is 3.85. The van der Waals surface area contributed by atoms with Crippen LogP contribution >= 0.6 is 11.8 Å². The van der Waals surface area contributed by atoms with Crippen LogP contribution in [0.4, 0.5) is 4.79 Å². The number of carbonyl (C=O) groups is 3. The maximum absolute atomic E-state index is 13.3. The van der Waals surface area contributed by atoms with Gasteiger partial charge in [-0.15, -0.1) is 0 Å². The zero-order valence-corrected chi connectivity index (χ0v) is 22.5. The van der Waals surface area contributed by atoms with Gasteiger partial charge in [-0.3, -0.25) is 4.79 Å². The highest BCUT2D eigenvalue weighted by atomic mass is 32.2. The second-order valence-corrected chi connectivity index (χ2v) is 10.1. The van der Waals surface area contributed by atoms with Crippen LogP contribution < -0.4 is 10.6 Å². The number of nitrogens with one attached hydrogen (secondary N) is 2. The zero-order valence-electron chi connectivity index (χ0n) is 21.7. The summed E-state index contributed by atoms with van der Waals surface area (Å²) in [4.78, 5) is 38.7. The number of esters is 1. The molecule has 0 aliphatic carbocycles. The van der Waals surface area contributed by atoms with Crippen LogP contribution in [0.3, 0.4) is 0 Å². The molecule has 3 rings (SSSR count). The van der Waals surface area contributed by atoms with Crippen LogP contribution in [-0.2, 0) is 38.0 Å². The summed E-state index contributed by atoms with van der Waals surface area (Å²) in [5.41, 5.74) is 2.80. The van der Waals surface area contributed by atoms with Crippen molar-refractivity contribution in [1.29, 1.82) is 0 Å². The third-order valence-corrected chi connectivity index (χ3v) is 6.77. The second kappa shape index (κ2) is 15.5. The van der Waals surface area contributed by atoms with Gasteiger partial charge in [-0.25, -0.2) is 9.59 Å². The molecule has 0 aliphatic heterocycles. The number of ether oxygens (including phenoxy) is 2. The summed E-state index contributed by atoms with van der Waals surface area (Å²) in [7, 11) is 0. The van der Waals surface area contributed by atoms with E-state index >= 15 is 0 Å². The number of carbonyl (C=O) groups excluding carboxylic acids is 3. The normalized spacial score (nSPS) is 12.3. The Kier molecular flexibility index (Phi) is 11.7. The van der Waals surface area contributed by atoms with E-state index in [0.29, 0.717) is 11.5 Å². The fourth-order valence-electron chi connectivity index (χ4n) is 3.53. The smallest absolute Gasteiger partial charge is 0.408 e. The maximum atomic E-state index is 13.3. The first kappa shape index (κ1) is 28.8. The maximum Gasteiger partial charge on any atom is 0.408 e. The van der Waals surface area contributed by atoms with E-state index in [1.165, 1.54) is 11.8 Å². The lowest BCUT2D eigenvalue weighted by molar-refractivity contribution is -0.150. The number of rotatable bonds is 13. The molecule has 0 spiro atoms. The number of amides is 2. The van der Waals surface area contributed by atoms with Crippen molar-refractivity contribution in [2.45, 2.75) is 44.9 Å². The van der Waals surface area contributed by atoms with Crippen molar-refractivity contribution >= 4 is 29.7 Å². The zero-order chi connectivity index (χ0) is 27.2. The SMILES string of the molecule is CC(C)[C@@H](NC(=O)[C@@H](CSCc1ccccc1)NC(=O)OCc1ccccc1)C(=O)OCc1ccccc1. The molecule has 2 amide bonds. The van der Waals surface area contributed by atoms with Gasteiger partial charge in [0.15, 0.2) is 0 Å². The Labute approximate surface area is 228 Å². The Bertz CT molecular complexity index is 1140. The number of hydrogen-bond acceptors (Lipinski definition) is 6. The molecule has 7 nitrogen and oxygen atoms in total. The van der Waals surface area contributed by atoms with Gasteiger partial charge in [0.1, 0.15) is 25.3 Å². The minimum Gasteiger partial charge on any atom is -0.459 e. The molecule has 3 aromatic carbocycles. The summed E-state index contributed by atoms with van der Waals surface area (Å²) in [5.74, 6) is -0.259. The molecule has 0 aliphatic rings. The molecule has 0 bridgehead atoms. The highest BCUT2D eigenvalue weighted by Crippen LogP contribution is 2.14. The van der Waals surface area contributed by atoms with Gasteiger partial charge in [0.05, 0.1) is 0 Å². The number of thioether (sulfide) groups is 1. The Morgan fingerprint density at radius 3 is 1.74 bits per heavy atom. The predicted molar refractivity (Wildman–Crippen MR) is 149 cm³/mol. The van der Waals surface area contributed by atoms with Gasteiger partial charge in [0.2, 0.25) is 5.91 Å². The van der Waals surface area contributed by atoms with E-state index in [1.807, 2.05) is 105 Å². The molecule has 0 fully saturated rings. The Morgan fingerprint density at radius 1 is 0.711 bits per heavy atom. The molecule has 2 N–H and O–H groups in total. The summed E-state index contributed by atoms with van der Waals surface area (Å²) in [6, 6.07) is 26.7. The van der Waals surface area contributed by atoms with Crippen molar-refractivity contribution in [1.82, 2.24) is 10.6 Å². The number of hydrogen-bond donors (Lipinski definition) is 2. The fourth-order valence-corrected chi connectivity index (χ4v) is 4.55. The van der Waals surface area contributed by atoms with Gasteiger partial charge < -0.3 is 20.1 Å². The standard InChI is InChI=1S/C30H34N2O5S/c1-22(2)27(29(34)36-18-23-12-6-3-7-13-23)32-28(33)26(21-38-20-25-16-10-5-11-17-25)31-30(35)37-19-24-14-8-4-9-15-24/h3-17,22,26-27H,18-21H2,1-2H3,(H,31,35)(H,32,33)/t26-,27-/m1/s1. The van der Waals surface area contributed by atoms with E-state index in [0.717, 1.165) is 16.7 Å². The molecule has 3 aromatic rings. The summed E-state index contributed by atoms with van der Waals surface area (Å²) < 4.78 is 10.8. The van der Waals surface area contributed by atoms with Crippen LogP contribution in [-0.4, -0.2) is 35.8 Å². The Hall–Kier alpha value is -3.78. The van der Waals surface area contributed by atoms with Gasteiger partial charge >= 0.3 is 12.1 Å². The van der Waals surface area contributed by atoms with Gasteiger partial charge in [-0.1, -0.05) is 105 Å². The molecule has 0 saturated heterocycles. The van der Waals surface area contributed by atoms with Crippen molar-refractivity contribution in [3.05, 3.63) is 108 Å². The highest BCUT2D eigenvalue weighted by Gasteiger charge is 2.30. The summed E-state index contributed by atoms with van der Waals surface area (Å²) >= 11 is 1.50. The van der Waals surface area contributed by atoms with E-state index in [2.05, 4.69) is 10.6 Å². The lowest BCUT2D eigenvalue weighted by atomic mass is 10.0. The number of alkyl carbamates (subject to hydrolysis) is 1. The molecule has 0 radical (unpaired) electrons. The van der Waals surface area contributed by atoms with Crippen LogP contribution in [0.1, 0.15) is 30.5 Å². The first-order chi connectivity index (χ1) is 18.4. The van der Waals surface area contributed by atoms with Gasteiger partial charge in [0.25, 0.3) is 0 Å². The molecule has 38 heavy (non-hydrogen) atoms. The predicted octanol–water partition coefficient (Wildman–Crippen LogP) is 5.10. The first-order valence-corrected chi connectivity index (χ1v) is 13.7. The van der Waals surface area contributed by atoms with E-state index < -0.39 is 30.1 Å². The topological polar surface area (TPSA) is 93.7 Å². The summed E-state index contributed by atoms with van der Waals surface area (Å²) in [6.07, 6.45) is -0.706. The monoisotopic (exact) mass is 534 g/mol. The lowest BCUT2D eigenvalue weighted by Crippen LogP contribution is -2.54. The number of benzene rings is 3. The third-order valence-electron chi connectivity index (χ3n) is 5.66. The minimum atomic E-state index is -0.907. The van der Waals surface area contributed by atoms with E-state index in [9.17, 15) is 14.4 Å². The summed E-state index contributed by atoms with van der Waals surface area (Å²) in [5, 5.41) is 5.45.